The lowest BCUT2D eigenvalue weighted by molar-refractivity contribution is -0.117. The van der Waals surface area contributed by atoms with Gasteiger partial charge in [0.25, 0.3) is 0 Å². The zero-order valence-electron chi connectivity index (χ0n) is 8.90. The first-order valence-corrected chi connectivity index (χ1v) is 6.44. The summed E-state index contributed by atoms with van der Waals surface area (Å²) >= 11 is 8.91. The van der Waals surface area contributed by atoms with Gasteiger partial charge < -0.3 is 10.6 Å². The summed E-state index contributed by atoms with van der Waals surface area (Å²) in [5, 5.41) is 5.96. The molecule has 17 heavy (non-hydrogen) atoms. The molecule has 1 aliphatic heterocycles. The molecule has 1 aliphatic rings. The Kier molecular flexibility index (Phi) is 4.01. The SMILES string of the molecule is O=C(Nc1cc(Br)c(F)cc1Cl)C1CCCN1. The van der Waals surface area contributed by atoms with Crippen molar-refractivity contribution >= 4 is 39.1 Å². The topological polar surface area (TPSA) is 41.1 Å². The van der Waals surface area contributed by atoms with Crippen molar-refractivity contribution in [2.24, 2.45) is 0 Å². The van der Waals surface area contributed by atoms with E-state index in [1.165, 1.54) is 12.1 Å². The number of halogens is 3. The van der Waals surface area contributed by atoms with Crippen LogP contribution < -0.4 is 10.6 Å². The predicted octanol–water partition coefficient (Wildman–Crippen LogP) is 2.93. The Morgan fingerprint density at radius 1 is 1.59 bits per heavy atom. The van der Waals surface area contributed by atoms with E-state index in [0.717, 1.165) is 19.4 Å². The van der Waals surface area contributed by atoms with Gasteiger partial charge in [-0.15, -0.1) is 0 Å². The number of hydrogen-bond donors (Lipinski definition) is 2. The fourth-order valence-corrected chi connectivity index (χ4v) is 2.29. The van der Waals surface area contributed by atoms with E-state index in [-0.39, 0.29) is 21.4 Å². The predicted molar refractivity (Wildman–Crippen MR) is 68.8 cm³/mol. The highest BCUT2D eigenvalue weighted by molar-refractivity contribution is 9.10. The minimum absolute atomic E-state index is 0.136. The van der Waals surface area contributed by atoms with Crippen LogP contribution in [-0.2, 0) is 4.79 Å². The highest BCUT2D eigenvalue weighted by Gasteiger charge is 2.22. The number of anilines is 1. The molecule has 0 aromatic heterocycles. The highest BCUT2D eigenvalue weighted by Crippen LogP contribution is 2.28. The van der Waals surface area contributed by atoms with E-state index in [9.17, 15) is 9.18 Å². The van der Waals surface area contributed by atoms with Gasteiger partial charge in [-0.25, -0.2) is 4.39 Å². The summed E-state index contributed by atoms with van der Waals surface area (Å²) in [5.41, 5.74) is 0.415. The van der Waals surface area contributed by atoms with Gasteiger partial charge in [0, 0.05) is 0 Å². The summed E-state index contributed by atoms with van der Waals surface area (Å²) in [4.78, 5) is 11.8. The molecule has 6 heteroatoms. The van der Waals surface area contributed by atoms with Crippen LogP contribution >= 0.6 is 27.5 Å². The lowest BCUT2D eigenvalue weighted by atomic mass is 10.2. The van der Waals surface area contributed by atoms with E-state index in [1.807, 2.05) is 0 Å². The highest BCUT2D eigenvalue weighted by atomic mass is 79.9. The van der Waals surface area contributed by atoms with Gasteiger partial charge in [0.05, 0.1) is 21.2 Å². The Morgan fingerprint density at radius 2 is 2.35 bits per heavy atom. The van der Waals surface area contributed by atoms with Crippen molar-refractivity contribution in [2.75, 3.05) is 11.9 Å². The second-order valence-electron chi connectivity index (χ2n) is 3.88. The van der Waals surface area contributed by atoms with Crippen molar-refractivity contribution in [3.8, 4) is 0 Å². The number of nitrogens with one attached hydrogen (secondary N) is 2. The van der Waals surface area contributed by atoms with E-state index in [1.54, 1.807) is 0 Å². The van der Waals surface area contributed by atoms with Crippen LogP contribution in [0.4, 0.5) is 10.1 Å². The van der Waals surface area contributed by atoms with Crippen LogP contribution in [0.5, 0.6) is 0 Å². The first-order valence-electron chi connectivity index (χ1n) is 5.26. The smallest absolute Gasteiger partial charge is 0.241 e. The van der Waals surface area contributed by atoms with E-state index in [2.05, 4.69) is 26.6 Å². The van der Waals surface area contributed by atoms with Crippen LogP contribution in [0.1, 0.15) is 12.8 Å². The van der Waals surface area contributed by atoms with Gasteiger partial charge in [-0.3, -0.25) is 4.79 Å². The monoisotopic (exact) mass is 320 g/mol. The molecule has 2 rings (SSSR count). The largest absolute Gasteiger partial charge is 0.323 e. The first-order chi connectivity index (χ1) is 8.08. The Bertz CT molecular complexity index is 449. The van der Waals surface area contributed by atoms with Crippen LogP contribution in [0.2, 0.25) is 5.02 Å². The summed E-state index contributed by atoms with van der Waals surface area (Å²) in [5.74, 6) is -0.588. The van der Waals surface area contributed by atoms with Crippen LogP contribution in [0.3, 0.4) is 0 Å². The molecule has 0 saturated carbocycles. The number of hydrogen-bond acceptors (Lipinski definition) is 2. The van der Waals surface area contributed by atoms with E-state index in [0.29, 0.717) is 5.69 Å². The molecule has 0 bridgehead atoms. The zero-order chi connectivity index (χ0) is 12.4. The summed E-state index contributed by atoms with van der Waals surface area (Å²) in [6.45, 7) is 0.846. The molecule has 2 N–H and O–H groups in total. The van der Waals surface area contributed by atoms with Gasteiger partial charge in [-0.1, -0.05) is 11.6 Å². The van der Waals surface area contributed by atoms with E-state index >= 15 is 0 Å². The summed E-state index contributed by atoms with van der Waals surface area (Å²) in [6, 6.07) is 2.45. The minimum atomic E-state index is -0.452. The normalized spacial score (nSPS) is 19.4. The lowest BCUT2D eigenvalue weighted by Crippen LogP contribution is -2.35. The number of benzene rings is 1. The molecule has 0 spiro atoms. The van der Waals surface area contributed by atoms with Crippen LogP contribution in [0, 0.1) is 5.82 Å². The molecule has 1 fully saturated rings. The Labute approximate surface area is 112 Å². The average Bonchev–Trinajstić information content (AvgIpc) is 2.79. The van der Waals surface area contributed by atoms with Crippen molar-refractivity contribution in [3.05, 3.63) is 27.4 Å². The second-order valence-corrected chi connectivity index (χ2v) is 5.15. The molecule has 0 aliphatic carbocycles. The number of rotatable bonds is 2. The van der Waals surface area contributed by atoms with Crippen LogP contribution in [0.15, 0.2) is 16.6 Å². The van der Waals surface area contributed by atoms with Gasteiger partial charge in [-0.05, 0) is 47.4 Å². The van der Waals surface area contributed by atoms with Gasteiger partial charge in [0.1, 0.15) is 5.82 Å². The fourth-order valence-electron chi connectivity index (χ4n) is 1.75. The summed E-state index contributed by atoms with van der Waals surface area (Å²) in [7, 11) is 0. The van der Waals surface area contributed by atoms with Crippen molar-refractivity contribution in [2.45, 2.75) is 18.9 Å². The van der Waals surface area contributed by atoms with Gasteiger partial charge >= 0.3 is 0 Å². The Balaban J connectivity index is 2.12. The molecule has 1 amide bonds. The maximum Gasteiger partial charge on any atom is 0.241 e. The van der Waals surface area contributed by atoms with Gasteiger partial charge in [0.15, 0.2) is 0 Å². The summed E-state index contributed by atoms with van der Waals surface area (Å²) < 4.78 is 13.4. The molecule has 1 heterocycles. The average molecular weight is 322 g/mol. The molecule has 1 saturated heterocycles. The number of amides is 1. The first kappa shape index (κ1) is 12.8. The maximum atomic E-state index is 13.1. The second kappa shape index (κ2) is 5.33. The zero-order valence-corrected chi connectivity index (χ0v) is 11.2. The number of carbonyl (C=O) groups is 1. The molecular formula is C11H11BrClFN2O. The molecule has 1 unspecified atom stereocenters. The molecule has 1 aromatic carbocycles. The summed E-state index contributed by atoms with van der Waals surface area (Å²) in [6.07, 6.45) is 1.80. The third kappa shape index (κ3) is 2.97. The van der Waals surface area contributed by atoms with Crippen molar-refractivity contribution in [3.63, 3.8) is 0 Å². The third-order valence-corrected chi connectivity index (χ3v) is 3.57. The molecule has 1 atom stereocenters. The molecule has 3 nitrogen and oxygen atoms in total. The fraction of sp³-hybridized carbons (Fsp3) is 0.364. The molecule has 0 radical (unpaired) electrons. The van der Waals surface area contributed by atoms with Crippen molar-refractivity contribution in [1.82, 2.24) is 5.32 Å². The Hall–Kier alpha value is -0.650. The molecule has 92 valence electrons. The molecular weight excluding hydrogens is 310 g/mol. The quantitative estimate of drug-likeness (QED) is 0.822. The van der Waals surface area contributed by atoms with Crippen molar-refractivity contribution < 1.29 is 9.18 Å². The maximum absolute atomic E-state index is 13.1. The van der Waals surface area contributed by atoms with Crippen molar-refractivity contribution in [1.29, 1.82) is 0 Å². The standard InChI is InChI=1S/C11H11BrClFN2O/c12-6-4-10(7(13)5-8(6)14)16-11(17)9-2-1-3-15-9/h4-5,9,15H,1-3H2,(H,16,17). The minimum Gasteiger partial charge on any atom is -0.323 e. The van der Waals surface area contributed by atoms with E-state index < -0.39 is 5.82 Å². The van der Waals surface area contributed by atoms with Gasteiger partial charge in [-0.2, -0.15) is 0 Å². The lowest BCUT2D eigenvalue weighted by Gasteiger charge is -2.12. The van der Waals surface area contributed by atoms with Gasteiger partial charge in [0.2, 0.25) is 5.91 Å². The molecule has 1 aromatic rings. The van der Waals surface area contributed by atoms with E-state index in [4.69, 9.17) is 11.6 Å². The number of carbonyl (C=O) groups excluding carboxylic acids is 1. The van der Waals surface area contributed by atoms with Crippen LogP contribution in [-0.4, -0.2) is 18.5 Å². The van der Waals surface area contributed by atoms with Crippen LogP contribution in [0.25, 0.3) is 0 Å². The third-order valence-electron chi connectivity index (χ3n) is 2.64. The Morgan fingerprint density at radius 3 is 3.00 bits per heavy atom.